The topological polar surface area (TPSA) is 39.9 Å². The lowest BCUT2D eigenvalue weighted by Gasteiger charge is -2.17. The summed E-state index contributed by atoms with van der Waals surface area (Å²) in [4.78, 5) is 6.10. The molecule has 3 nitrogen and oxygen atoms in total. The van der Waals surface area contributed by atoms with Crippen LogP contribution in [0.15, 0.2) is 24.5 Å². The van der Waals surface area contributed by atoms with E-state index in [-0.39, 0.29) is 5.92 Å². The Bertz CT molecular complexity index is 302. The first-order chi connectivity index (χ1) is 6.72. The minimum absolute atomic E-state index is 0.0850. The highest BCUT2D eigenvalue weighted by molar-refractivity contribution is 5.09. The van der Waals surface area contributed by atoms with Crippen LogP contribution < -0.4 is 0 Å². The zero-order valence-corrected chi connectivity index (χ0v) is 8.64. The average molecular weight is 189 g/mol. The molecule has 3 heteroatoms. The van der Waals surface area contributed by atoms with E-state index in [1.54, 1.807) is 12.4 Å². The fraction of sp³-hybridized carbons (Fsp3) is 0.455. The van der Waals surface area contributed by atoms with E-state index in [4.69, 9.17) is 5.26 Å². The van der Waals surface area contributed by atoms with Crippen LogP contribution in [0.3, 0.4) is 0 Å². The molecule has 1 heterocycles. The van der Waals surface area contributed by atoms with Gasteiger partial charge in [0, 0.05) is 25.5 Å². The molecule has 0 saturated carbocycles. The second-order valence-corrected chi connectivity index (χ2v) is 3.58. The molecule has 74 valence electrons. The first-order valence-electron chi connectivity index (χ1n) is 4.69. The maximum atomic E-state index is 8.66. The summed E-state index contributed by atoms with van der Waals surface area (Å²) in [7, 11) is 2.02. The van der Waals surface area contributed by atoms with Crippen LogP contribution in [0.5, 0.6) is 0 Å². The van der Waals surface area contributed by atoms with Crippen molar-refractivity contribution in [3.8, 4) is 6.07 Å². The van der Waals surface area contributed by atoms with Crippen LogP contribution in [0, 0.1) is 17.2 Å². The van der Waals surface area contributed by atoms with Gasteiger partial charge in [-0.2, -0.15) is 5.26 Å². The van der Waals surface area contributed by atoms with Crippen molar-refractivity contribution in [2.24, 2.45) is 5.92 Å². The SMILES string of the molecule is CC(C#N)CN(C)Cc1ccncc1. The second-order valence-electron chi connectivity index (χ2n) is 3.58. The van der Waals surface area contributed by atoms with Crippen molar-refractivity contribution in [1.82, 2.24) is 9.88 Å². The monoisotopic (exact) mass is 189 g/mol. The first kappa shape index (κ1) is 10.7. The van der Waals surface area contributed by atoms with Gasteiger partial charge in [0.2, 0.25) is 0 Å². The van der Waals surface area contributed by atoms with E-state index in [9.17, 15) is 0 Å². The fourth-order valence-electron chi connectivity index (χ4n) is 1.37. The van der Waals surface area contributed by atoms with Gasteiger partial charge in [0.15, 0.2) is 0 Å². The third kappa shape index (κ3) is 3.55. The van der Waals surface area contributed by atoms with Gasteiger partial charge in [-0.1, -0.05) is 0 Å². The maximum Gasteiger partial charge on any atom is 0.0666 e. The molecule has 0 radical (unpaired) electrons. The molecule has 0 N–H and O–H groups in total. The number of rotatable bonds is 4. The van der Waals surface area contributed by atoms with E-state index < -0.39 is 0 Å². The second kappa shape index (κ2) is 5.36. The van der Waals surface area contributed by atoms with E-state index in [1.807, 2.05) is 26.1 Å². The Labute approximate surface area is 85.0 Å². The molecule has 0 saturated heterocycles. The summed E-state index contributed by atoms with van der Waals surface area (Å²) in [5.74, 6) is 0.0850. The fourth-order valence-corrected chi connectivity index (χ4v) is 1.37. The van der Waals surface area contributed by atoms with Gasteiger partial charge < -0.3 is 4.90 Å². The zero-order valence-electron chi connectivity index (χ0n) is 8.64. The number of nitriles is 1. The Kier molecular flexibility index (Phi) is 4.09. The molecule has 0 aromatic carbocycles. The molecule has 1 unspecified atom stereocenters. The van der Waals surface area contributed by atoms with Crippen LogP contribution in [-0.4, -0.2) is 23.5 Å². The van der Waals surface area contributed by atoms with Crippen LogP contribution >= 0.6 is 0 Å². The number of hydrogen-bond acceptors (Lipinski definition) is 3. The van der Waals surface area contributed by atoms with Gasteiger partial charge in [0.1, 0.15) is 0 Å². The molecule has 1 aromatic heterocycles. The molecule has 1 rings (SSSR count). The molecule has 14 heavy (non-hydrogen) atoms. The van der Waals surface area contributed by atoms with E-state index in [1.165, 1.54) is 5.56 Å². The number of nitrogens with zero attached hydrogens (tertiary/aromatic N) is 3. The maximum absolute atomic E-state index is 8.66. The van der Waals surface area contributed by atoms with Gasteiger partial charge in [0.05, 0.1) is 12.0 Å². The van der Waals surface area contributed by atoms with Crippen molar-refractivity contribution in [1.29, 1.82) is 5.26 Å². The minimum Gasteiger partial charge on any atom is -0.301 e. The summed E-state index contributed by atoms with van der Waals surface area (Å²) in [5.41, 5.74) is 1.23. The molecule has 0 bridgehead atoms. The van der Waals surface area contributed by atoms with Crippen LogP contribution in [-0.2, 0) is 6.54 Å². The predicted molar refractivity (Wildman–Crippen MR) is 55.3 cm³/mol. The quantitative estimate of drug-likeness (QED) is 0.723. The molecule has 0 amide bonds. The first-order valence-corrected chi connectivity index (χ1v) is 4.69. The molecule has 1 atom stereocenters. The normalized spacial score (nSPS) is 12.4. The Morgan fingerprint density at radius 2 is 2.14 bits per heavy atom. The molecule has 0 aliphatic heterocycles. The highest BCUT2D eigenvalue weighted by Crippen LogP contribution is 2.03. The van der Waals surface area contributed by atoms with Gasteiger partial charge in [0.25, 0.3) is 0 Å². The van der Waals surface area contributed by atoms with E-state index in [0.717, 1.165) is 13.1 Å². The average Bonchev–Trinajstić information content (AvgIpc) is 2.19. The van der Waals surface area contributed by atoms with Crippen molar-refractivity contribution in [2.45, 2.75) is 13.5 Å². The van der Waals surface area contributed by atoms with E-state index >= 15 is 0 Å². The molecular weight excluding hydrogens is 174 g/mol. The minimum atomic E-state index is 0.0850. The molecular formula is C11H15N3. The zero-order chi connectivity index (χ0) is 10.4. The molecule has 0 aliphatic rings. The smallest absolute Gasteiger partial charge is 0.0666 e. The van der Waals surface area contributed by atoms with Crippen molar-refractivity contribution in [2.75, 3.05) is 13.6 Å². The van der Waals surface area contributed by atoms with Gasteiger partial charge >= 0.3 is 0 Å². The lowest BCUT2D eigenvalue weighted by atomic mass is 10.2. The number of aromatic nitrogens is 1. The van der Waals surface area contributed by atoms with Crippen LogP contribution in [0.1, 0.15) is 12.5 Å². The highest BCUT2D eigenvalue weighted by atomic mass is 15.1. The lowest BCUT2D eigenvalue weighted by molar-refractivity contribution is 0.303. The van der Waals surface area contributed by atoms with E-state index in [0.29, 0.717) is 0 Å². The Morgan fingerprint density at radius 1 is 1.50 bits per heavy atom. The molecule has 1 aromatic rings. The molecule has 0 spiro atoms. The summed E-state index contributed by atoms with van der Waals surface area (Å²) in [6.07, 6.45) is 3.58. The van der Waals surface area contributed by atoms with Crippen molar-refractivity contribution >= 4 is 0 Å². The lowest BCUT2D eigenvalue weighted by Crippen LogP contribution is -2.23. The number of hydrogen-bond donors (Lipinski definition) is 0. The number of pyridine rings is 1. The summed E-state index contributed by atoms with van der Waals surface area (Å²) in [6.45, 7) is 3.61. The van der Waals surface area contributed by atoms with Crippen molar-refractivity contribution < 1.29 is 0 Å². The van der Waals surface area contributed by atoms with Crippen LogP contribution in [0.25, 0.3) is 0 Å². The van der Waals surface area contributed by atoms with Gasteiger partial charge in [-0.25, -0.2) is 0 Å². The summed E-state index contributed by atoms with van der Waals surface area (Å²) >= 11 is 0. The van der Waals surface area contributed by atoms with Crippen LogP contribution in [0.4, 0.5) is 0 Å². The molecule has 0 aliphatic carbocycles. The summed E-state index contributed by atoms with van der Waals surface area (Å²) in [5, 5.41) is 8.66. The Balaban J connectivity index is 2.42. The van der Waals surface area contributed by atoms with E-state index in [2.05, 4.69) is 16.0 Å². The highest BCUT2D eigenvalue weighted by Gasteiger charge is 2.05. The third-order valence-corrected chi connectivity index (χ3v) is 2.01. The summed E-state index contributed by atoms with van der Waals surface area (Å²) in [6, 6.07) is 6.21. The van der Waals surface area contributed by atoms with Crippen LogP contribution in [0.2, 0.25) is 0 Å². The Morgan fingerprint density at radius 3 is 2.71 bits per heavy atom. The summed E-state index contributed by atoms with van der Waals surface area (Å²) < 4.78 is 0. The van der Waals surface area contributed by atoms with Crippen molar-refractivity contribution in [3.05, 3.63) is 30.1 Å². The van der Waals surface area contributed by atoms with Crippen molar-refractivity contribution in [3.63, 3.8) is 0 Å². The van der Waals surface area contributed by atoms with Gasteiger partial charge in [-0.05, 0) is 31.7 Å². The predicted octanol–water partition coefficient (Wildman–Crippen LogP) is 1.67. The molecule has 0 fully saturated rings. The standard InChI is InChI=1S/C11H15N3/c1-10(7-12)8-14(2)9-11-3-5-13-6-4-11/h3-6,10H,8-9H2,1-2H3. The van der Waals surface area contributed by atoms with Gasteiger partial charge in [-0.15, -0.1) is 0 Å². The largest absolute Gasteiger partial charge is 0.301 e. The third-order valence-electron chi connectivity index (χ3n) is 2.01. The Hall–Kier alpha value is -1.40. The van der Waals surface area contributed by atoms with Gasteiger partial charge in [-0.3, -0.25) is 4.98 Å².